The molecule has 0 aliphatic carbocycles. The first-order valence-electron chi connectivity index (χ1n) is 8.47. The molecular weight excluding hydrogens is 496 g/mol. The maximum Gasteiger partial charge on any atom is 0.417 e. The number of aromatic nitrogens is 2. The summed E-state index contributed by atoms with van der Waals surface area (Å²) < 4.78 is 43.5. The van der Waals surface area contributed by atoms with Gasteiger partial charge >= 0.3 is 12.2 Å². The number of nitrogens with zero attached hydrogens (tertiary/aromatic N) is 2. The Bertz CT molecular complexity index is 1190. The van der Waals surface area contributed by atoms with E-state index in [1.54, 1.807) is 0 Å². The number of urea groups is 1. The lowest BCUT2D eigenvalue weighted by Gasteiger charge is -2.12. The van der Waals surface area contributed by atoms with Crippen molar-refractivity contribution >= 4 is 52.4 Å². The average Bonchev–Trinajstić information content (AvgIpc) is 2.70. The van der Waals surface area contributed by atoms with E-state index in [9.17, 15) is 22.8 Å². The molecule has 0 spiro atoms. The highest BCUT2D eigenvalue weighted by Gasteiger charge is 2.32. The third-order valence-corrected chi connectivity index (χ3v) is 4.63. The van der Waals surface area contributed by atoms with Crippen LogP contribution in [-0.2, 0) is 6.18 Å². The number of nitrogens with one attached hydrogen (secondary N) is 2. The number of carbonyl (C=O) groups is 2. The van der Waals surface area contributed by atoms with E-state index in [2.05, 4.69) is 20.6 Å². The number of ether oxygens (including phenoxy) is 1. The van der Waals surface area contributed by atoms with Gasteiger partial charge in [0.1, 0.15) is 15.9 Å². The second kappa shape index (κ2) is 9.60. The van der Waals surface area contributed by atoms with Crippen molar-refractivity contribution in [3.8, 4) is 11.6 Å². The molecule has 3 aromatic rings. The molecule has 3 rings (SSSR count). The van der Waals surface area contributed by atoms with Gasteiger partial charge in [-0.2, -0.15) is 13.2 Å². The van der Waals surface area contributed by atoms with Crippen LogP contribution in [0.2, 0.25) is 15.2 Å². The van der Waals surface area contributed by atoms with Crippen molar-refractivity contribution in [2.24, 2.45) is 0 Å². The normalized spacial score (nSPS) is 11.1. The highest BCUT2D eigenvalue weighted by Crippen LogP contribution is 2.37. The van der Waals surface area contributed by atoms with Crippen LogP contribution in [0, 0.1) is 0 Å². The summed E-state index contributed by atoms with van der Waals surface area (Å²) in [5.74, 6) is -1.04. The van der Waals surface area contributed by atoms with Crippen LogP contribution in [0.15, 0.2) is 48.8 Å². The Balaban J connectivity index is 1.67. The molecule has 7 nitrogen and oxygen atoms in total. The summed E-state index contributed by atoms with van der Waals surface area (Å²) in [6.45, 7) is 0. The van der Waals surface area contributed by atoms with Gasteiger partial charge in [0, 0.05) is 18.1 Å². The summed E-state index contributed by atoms with van der Waals surface area (Å²) in [6, 6.07) is 6.66. The Morgan fingerprint density at radius 1 is 1.00 bits per heavy atom. The van der Waals surface area contributed by atoms with Crippen molar-refractivity contribution in [3.05, 3.63) is 75.1 Å². The Morgan fingerprint density at radius 2 is 1.75 bits per heavy atom. The van der Waals surface area contributed by atoms with Gasteiger partial charge < -0.3 is 10.1 Å². The largest absolute Gasteiger partial charge is 0.436 e. The minimum absolute atomic E-state index is 0.00650. The summed E-state index contributed by atoms with van der Waals surface area (Å²) in [5, 5.41) is 4.01. The molecule has 0 aliphatic rings. The summed E-state index contributed by atoms with van der Waals surface area (Å²) in [7, 11) is 0. The Labute approximate surface area is 193 Å². The van der Waals surface area contributed by atoms with Crippen LogP contribution in [0.4, 0.5) is 23.7 Å². The molecular formula is C19H10Cl3F3N4O3. The smallest absolute Gasteiger partial charge is 0.417 e. The Kier molecular flexibility index (Phi) is 7.07. The van der Waals surface area contributed by atoms with E-state index < -0.39 is 23.7 Å². The van der Waals surface area contributed by atoms with Crippen molar-refractivity contribution in [2.45, 2.75) is 6.18 Å². The van der Waals surface area contributed by atoms with Gasteiger partial charge in [0.15, 0.2) is 0 Å². The van der Waals surface area contributed by atoms with Crippen LogP contribution in [0.25, 0.3) is 0 Å². The van der Waals surface area contributed by atoms with Gasteiger partial charge in [-0.1, -0.05) is 34.8 Å². The molecule has 0 radical (unpaired) electrons. The van der Waals surface area contributed by atoms with E-state index >= 15 is 0 Å². The number of carbonyl (C=O) groups excluding carboxylic acids is 2. The molecule has 3 amide bonds. The molecule has 0 fully saturated rings. The number of hydrogen-bond donors (Lipinski definition) is 2. The molecule has 0 bridgehead atoms. The van der Waals surface area contributed by atoms with Crippen molar-refractivity contribution < 1.29 is 27.5 Å². The lowest BCUT2D eigenvalue weighted by atomic mass is 10.2. The monoisotopic (exact) mass is 504 g/mol. The molecule has 0 aliphatic heterocycles. The number of amides is 3. The zero-order chi connectivity index (χ0) is 23.5. The van der Waals surface area contributed by atoms with Crippen LogP contribution in [0.5, 0.6) is 11.6 Å². The second-order valence-corrected chi connectivity index (χ2v) is 7.18. The lowest BCUT2D eigenvalue weighted by molar-refractivity contribution is -0.137. The van der Waals surface area contributed by atoms with Gasteiger partial charge in [-0.3, -0.25) is 10.1 Å². The van der Waals surface area contributed by atoms with Gasteiger partial charge in [0.2, 0.25) is 5.88 Å². The SMILES string of the molecule is O=C(NC(=O)c1cccnc1Cl)Nc1ccc(Oc2ncc(C(F)(F)F)cc2Cl)c(Cl)c1. The van der Waals surface area contributed by atoms with Crippen LogP contribution in [0.1, 0.15) is 15.9 Å². The molecule has 0 saturated heterocycles. The second-order valence-electron chi connectivity index (χ2n) is 6.01. The fraction of sp³-hybridized carbons (Fsp3) is 0.0526. The number of halogens is 6. The van der Waals surface area contributed by atoms with E-state index in [4.69, 9.17) is 39.5 Å². The van der Waals surface area contributed by atoms with Gasteiger partial charge in [-0.25, -0.2) is 14.8 Å². The standard InChI is InChI=1S/C19H10Cl3F3N4O3/c20-12-7-10(28-18(31)29-16(30)11-2-1-5-26-15(11)22)3-4-14(12)32-17-13(21)6-9(8-27-17)19(23,24)25/h1-8H,(H2,28,29,30,31). The third-order valence-electron chi connectivity index (χ3n) is 3.76. The number of pyridine rings is 2. The zero-order valence-corrected chi connectivity index (χ0v) is 17.8. The van der Waals surface area contributed by atoms with Gasteiger partial charge in [0.05, 0.1) is 16.1 Å². The quantitative estimate of drug-likeness (QED) is 0.411. The number of imide groups is 1. The average molecular weight is 506 g/mol. The number of hydrogen-bond acceptors (Lipinski definition) is 5. The van der Waals surface area contributed by atoms with Gasteiger partial charge in [0.25, 0.3) is 5.91 Å². The fourth-order valence-corrected chi connectivity index (χ4v) is 2.94. The topological polar surface area (TPSA) is 93.2 Å². The highest BCUT2D eigenvalue weighted by molar-refractivity contribution is 6.33. The van der Waals surface area contributed by atoms with Crippen molar-refractivity contribution in [1.29, 1.82) is 0 Å². The first kappa shape index (κ1) is 23.6. The van der Waals surface area contributed by atoms with E-state index in [0.717, 1.165) is 0 Å². The Hall–Kier alpha value is -3.08. The fourth-order valence-electron chi connectivity index (χ4n) is 2.31. The number of anilines is 1. The van der Waals surface area contributed by atoms with E-state index in [0.29, 0.717) is 12.3 Å². The number of benzene rings is 1. The Morgan fingerprint density at radius 3 is 2.38 bits per heavy atom. The summed E-state index contributed by atoms with van der Waals surface area (Å²) >= 11 is 17.7. The van der Waals surface area contributed by atoms with E-state index in [1.165, 1.54) is 36.5 Å². The van der Waals surface area contributed by atoms with Crippen molar-refractivity contribution in [3.63, 3.8) is 0 Å². The van der Waals surface area contributed by atoms with Crippen LogP contribution < -0.4 is 15.4 Å². The molecule has 0 atom stereocenters. The number of alkyl halides is 3. The molecule has 0 unspecified atom stereocenters. The maximum absolute atomic E-state index is 12.7. The predicted molar refractivity (Wildman–Crippen MR) is 112 cm³/mol. The molecule has 0 saturated carbocycles. The molecule has 2 aromatic heterocycles. The van der Waals surface area contributed by atoms with Crippen molar-refractivity contribution in [1.82, 2.24) is 15.3 Å². The van der Waals surface area contributed by atoms with Crippen LogP contribution in [0.3, 0.4) is 0 Å². The first-order valence-corrected chi connectivity index (χ1v) is 9.61. The van der Waals surface area contributed by atoms with Crippen molar-refractivity contribution in [2.75, 3.05) is 5.32 Å². The molecule has 13 heteroatoms. The first-order chi connectivity index (χ1) is 15.0. The van der Waals surface area contributed by atoms with Gasteiger partial charge in [-0.15, -0.1) is 0 Å². The minimum atomic E-state index is -4.61. The third kappa shape index (κ3) is 5.78. The zero-order valence-electron chi connectivity index (χ0n) is 15.5. The molecule has 166 valence electrons. The van der Waals surface area contributed by atoms with Crippen LogP contribution >= 0.6 is 34.8 Å². The lowest BCUT2D eigenvalue weighted by Crippen LogP contribution is -2.34. The van der Waals surface area contributed by atoms with Crippen LogP contribution in [-0.4, -0.2) is 21.9 Å². The maximum atomic E-state index is 12.7. The van der Waals surface area contributed by atoms with E-state index in [-0.39, 0.29) is 38.1 Å². The highest BCUT2D eigenvalue weighted by atomic mass is 35.5. The molecule has 2 N–H and O–H groups in total. The van der Waals surface area contributed by atoms with Gasteiger partial charge in [-0.05, 0) is 36.4 Å². The summed E-state index contributed by atoms with van der Waals surface area (Å²) in [6.07, 6.45) is -2.65. The minimum Gasteiger partial charge on any atom is -0.436 e. The predicted octanol–water partition coefficient (Wildman–Crippen LogP) is 6.21. The van der Waals surface area contributed by atoms with E-state index in [1.807, 2.05) is 0 Å². The summed E-state index contributed by atoms with van der Waals surface area (Å²) in [4.78, 5) is 31.4. The molecule has 1 aromatic carbocycles. The molecule has 32 heavy (non-hydrogen) atoms. The molecule has 2 heterocycles. The summed E-state index contributed by atoms with van der Waals surface area (Å²) in [5.41, 5.74) is -0.836. The number of rotatable bonds is 4.